The molecule has 4 aliphatic rings. The summed E-state index contributed by atoms with van der Waals surface area (Å²) in [5.41, 5.74) is 5.38. The van der Waals surface area contributed by atoms with E-state index in [0.29, 0.717) is 67.0 Å². The highest BCUT2D eigenvalue weighted by molar-refractivity contribution is 8.00. The Morgan fingerprint density at radius 3 is 1.98 bits per heavy atom. The van der Waals surface area contributed by atoms with Crippen molar-refractivity contribution in [2.75, 3.05) is 79.8 Å². The number of benzene rings is 2. The van der Waals surface area contributed by atoms with Crippen LogP contribution in [0.1, 0.15) is 175 Å². The summed E-state index contributed by atoms with van der Waals surface area (Å²) in [6.45, 7) is 15.5. The number of amides is 14. The first-order valence-electron chi connectivity index (χ1n) is 39.0. The van der Waals surface area contributed by atoms with Crippen LogP contribution in [0.2, 0.25) is 0 Å². The maximum atomic E-state index is 14.9. The van der Waals surface area contributed by atoms with Crippen LogP contribution in [-0.4, -0.2) is 248 Å². The first kappa shape index (κ1) is 93.5. The fourth-order valence-corrected chi connectivity index (χ4v) is 15.9. The summed E-state index contributed by atoms with van der Waals surface area (Å²) in [6, 6.07) is 3.35. The number of likely N-dealkylation sites (N-methyl/N-ethyl adjacent to an activating group) is 2. The second-order valence-electron chi connectivity index (χ2n) is 31.0. The highest BCUT2D eigenvalue weighted by Crippen LogP contribution is 2.52. The lowest BCUT2D eigenvalue weighted by Gasteiger charge is -2.41. The number of rotatable bonds is 46. The van der Waals surface area contributed by atoms with Gasteiger partial charge in [0.05, 0.1) is 73.6 Å². The number of unbranched alkanes of at least 4 members (excludes halogenated alkanes) is 2. The Kier molecular flexibility index (Phi) is 36.0. The van der Waals surface area contributed by atoms with Gasteiger partial charge in [0.2, 0.25) is 53.2 Å². The third-order valence-electron chi connectivity index (χ3n) is 21.5. The lowest BCUT2D eigenvalue weighted by Crippen LogP contribution is -2.60. The number of hydrogen-bond acceptors (Lipinski definition) is 22. The van der Waals surface area contributed by atoms with Crippen molar-refractivity contribution in [3.8, 4) is 5.75 Å². The van der Waals surface area contributed by atoms with E-state index in [1.807, 2.05) is 13.8 Å². The van der Waals surface area contributed by atoms with Gasteiger partial charge in [-0.1, -0.05) is 87.3 Å². The minimum Gasteiger partial charge on any atom is -0.497 e. The molecule has 0 aromatic heterocycles. The van der Waals surface area contributed by atoms with Crippen LogP contribution in [0.5, 0.6) is 5.75 Å². The number of ketones is 1. The quantitative estimate of drug-likeness (QED) is 0.0250. The third kappa shape index (κ3) is 26.1. The molecule has 8 N–H and O–H groups in total. The molecule has 0 bridgehead atoms. The van der Waals surface area contributed by atoms with Gasteiger partial charge in [-0.05, 0) is 104 Å². The van der Waals surface area contributed by atoms with Crippen LogP contribution in [0.15, 0.2) is 42.5 Å². The van der Waals surface area contributed by atoms with Gasteiger partial charge >= 0.3 is 18.1 Å². The topological polar surface area (TPSA) is 426 Å². The molecule has 3 saturated heterocycles. The van der Waals surface area contributed by atoms with E-state index in [1.54, 1.807) is 84.7 Å². The first-order valence-corrected chi connectivity index (χ1v) is 40.0. The van der Waals surface area contributed by atoms with Crippen molar-refractivity contribution in [1.29, 1.82) is 0 Å². The van der Waals surface area contributed by atoms with E-state index in [4.69, 9.17) is 34.3 Å². The monoisotopic (exact) mass is 1620 g/mol. The van der Waals surface area contributed by atoms with Crippen LogP contribution in [0.25, 0.3) is 0 Å². The number of hydrogen-bond donors (Lipinski definition) is 7. The van der Waals surface area contributed by atoms with Gasteiger partial charge in [0.15, 0.2) is 5.78 Å². The molecule has 1 unspecified atom stereocenters. The number of carbonyl (C=O) groups is 15. The third-order valence-corrected chi connectivity index (χ3v) is 23.1. The molecule has 4 fully saturated rings. The average molecular weight is 1620 g/mol. The Balaban J connectivity index is 0.992. The lowest BCUT2D eigenvalue weighted by molar-refractivity contribution is -0.198. The molecule has 3 aliphatic heterocycles. The van der Waals surface area contributed by atoms with Crippen molar-refractivity contribution in [3.05, 3.63) is 59.4 Å². The molecule has 114 heavy (non-hydrogen) atoms. The molecule has 0 spiro atoms. The van der Waals surface area contributed by atoms with Gasteiger partial charge in [-0.25, -0.2) is 18.8 Å². The van der Waals surface area contributed by atoms with Gasteiger partial charge in [-0.2, -0.15) is 0 Å². The molecule has 14 amide bonds. The van der Waals surface area contributed by atoms with E-state index in [-0.39, 0.29) is 113 Å². The number of urea groups is 1. The molecule has 1 aliphatic carbocycles. The Hall–Kier alpha value is -9.35. The zero-order valence-corrected chi connectivity index (χ0v) is 69.0. The van der Waals surface area contributed by atoms with Crippen molar-refractivity contribution in [2.45, 2.75) is 225 Å². The lowest BCUT2D eigenvalue weighted by atomic mass is 9.89. The van der Waals surface area contributed by atoms with E-state index < -0.39 is 172 Å². The minimum atomic E-state index is -1.17. The number of anilines is 1. The van der Waals surface area contributed by atoms with Crippen LogP contribution in [0.4, 0.5) is 19.7 Å². The molecule has 33 nitrogen and oxygen atoms in total. The predicted molar refractivity (Wildman–Crippen MR) is 416 cm³/mol. The summed E-state index contributed by atoms with van der Waals surface area (Å²) in [5, 5.41) is 16.2. The number of carbonyl (C=O) groups excluding carboxylic acids is 15. The maximum absolute atomic E-state index is 14.9. The predicted octanol–water partition coefficient (Wildman–Crippen LogP) is 5.32. The van der Waals surface area contributed by atoms with E-state index in [2.05, 4.69) is 31.9 Å². The normalized spacial score (nSPS) is 18.9. The highest BCUT2D eigenvalue weighted by atomic mass is 32.2. The molecule has 3 heterocycles. The molecule has 0 radical (unpaired) electrons. The Labute approximate surface area is 670 Å². The van der Waals surface area contributed by atoms with Crippen molar-refractivity contribution in [2.24, 2.45) is 40.7 Å². The minimum absolute atomic E-state index is 0.0000383. The van der Waals surface area contributed by atoms with Crippen LogP contribution in [-0.2, 0) is 87.9 Å². The molecule has 2 aromatic carbocycles. The van der Waals surface area contributed by atoms with Crippen molar-refractivity contribution < 1.29 is 105 Å². The largest absolute Gasteiger partial charge is 0.497 e. The van der Waals surface area contributed by atoms with E-state index in [1.165, 1.54) is 69.2 Å². The van der Waals surface area contributed by atoms with Gasteiger partial charge in [0.25, 0.3) is 11.8 Å². The molecule has 1 saturated carbocycles. The Morgan fingerprint density at radius 1 is 0.737 bits per heavy atom. The Bertz CT molecular complexity index is 3740. The zero-order valence-electron chi connectivity index (χ0n) is 68.2. The van der Waals surface area contributed by atoms with E-state index in [9.17, 15) is 76.3 Å². The van der Waals surface area contributed by atoms with Crippen LogP contribution in [0, 0.1) is 40.8 Å². The number of primary amides is 1. The molecule has 35 heteroatoms. The summed E-state index contributed by atoms with van der Waals surface area (Å²) in [5.74, 6) is -9.74. The molecule has 12 atom stereocenters. The summed E-state index contributed by atoms with van der Waals surface area (Å²) in [7, 11) is 8.72. The number of ether oxygens (including phenoxy) is 5. The molecule has 6 rings (SSSR count). The van der Waals surface area contributed by atoms with Crippen molar-refractivity contribution >= 4 is 106 Å². The highest BCUT2D eigenvalue weighted by Gasteiger charge is 2.50. The summed E-state index contributed by atoms with van der Waals surface area (Å²) < 4.78 is 43.2. The molecule has 632 valence electrons. The number of nitrogens with zero attached hydrogens (tertiary/aromatic N) is 5. The number of methoxy groups -OCH3 is 4. The van der Waals surface area contributed by atoms with Crippen LogP contribution in [0.3, 0.4) is 0 Å². The van der Waals surface area contributed by atoms with Gasteiger partial charge in [-0.15, -0.1) is 16.8 Å². The van der Waals surface area contributed by atoms with Gasteiger partial charge < -0.3 is 76.0 Å². The fraction of sp³-hybridized carbons (Fsp3) is 0.658. The van der Waals surface area contributed by atoms with Crippen LogP contribution >= 0.6 is 11.8 Å². The number of halogens is 1. The van der Waals surface area contributed by atoms with Gasteiger partial charge in [-0.3, -0.25) is 67.3 Å². The fourth-order valence-electron chi connectivity index (χ4n) is 14.4. The molecular formula is C79H117FN12O21S. The number of nitrogens with one attached hydrogen (secondary N) is 6. The second-order valence-corrected chi connectivity index (χ2v) is 32.2. The standard InChI is InChI=1S/C79H117FN12O21S/c1-16-47(8)69(58(110-14)37-63(97)91-41-52(109-13)36-56(91)70(111-15)48(9)71(100)83-40-57(93)53-28-27-51(108-12)35-54(53)80)88(10)76(105)67(45(4)5)87-74(103)68(46(6)7)89(11)78(107)112-42-49-23-25-50(26-24-49)84-72(101)55(21-20-33-82-77(81)106)85-73(102)66(44(2)3)86-60(94)22-18-17-19-34-90-64(98)38-59(75(90)104)114-43-79(31-32-79)39-65(99)113-92-61(95)29-30-62(92)96/h23-28,35,44-48,52,55-56,58-59,66-70H,16-22,29-34,36-43H2,1-15H3,(H,83,100)(H,84,101)(H,85,102)(H,86,94)(H,87,103)(H3,81,82,106)/t47-,48+,52+,55-,56-,58+,59?,66-,67-,68-,69-,70+/m0/s1. The molecule has 2 aromatic rings. The van der Waals surface area contributed by atoms with Gasteiger partial charge in [0.1, 0.15) is 42.3 Å². The summed E-state index contributed by atoms with van der Waals surface area (Å²) >= 11 is 1.29. The number of Topliss-reactive ketones (excluding diaryl/α,β-unsaturated/α-hetero) is 1. The number of likely N-dealkylation sites (tertiary alicyclic amines) is 2. The summed E-state index contributed by atoms with van der Waals surface area (Å²) in [4.78, 5) is 211. The van der Waals surface area contributed by atoms with Gasteiger partial charge in [0, 0.05) is 98.2 Å². The molecular weight excluding hydrogens is 1500 g/mol. The zero-order chi connectivity index (χ0) is 84.6. The number of hydroxylamine groups is 2. The number of thioether (sulfide) groups is 1. The Morgan fingerprint density at radius 2 is 1.40 bits per heavy atom. The van der Waals surface area contributed by atoms with E-state index >= 15 is 0 Å². The maximum Gasteiger partial charge on any atom is 0.410 e. The van der Waals surface area contributed by atoms with Crippen LogP contribution < -0.4 is 42.4 Å². The number of nitrogens with two attached hydrogens (primary N) is 1. The number of imide groups is 2. The van der Waals surface area contributed by atoms with Crippen molar-refractivity contribution in [1.82, 2.24) is 51.2 Å². The van der Waals surface area contributed by atoms with Crippen molar-refractivity contribution in [3.63, 3.8) is 0 Å². The SMILES string of the molecule is CC[C@H](C)[C@@H]([C@@H](CC(=O)N1C[C@H](OC)C[C@H]1[C@H](OC)[C@@H](C)C(=O)NCC(=O)c1ccc(OC)cc1F)OC)N(C)C(=O)[C@@H](NC(=O)[C@H](C(C)C)N(C)C(=O)OCc1ccc(NC(=O)[C@H](CCCNC(N)=O)NC(=O)[C@@H](NC(=O)CCCCCN2C(=O)CC(SCC3(CC(=O)ON4C(=O)CCC4=O)CC3)C2=O)C(C)C)cc1)C(C)C. The second kappa shape index (κ2) is 43.9. The van der Waals surface area contributed by atoms with E-state index in [0.717, 1.165) is 11.0 Å². The average Bonchev–Trinajstić information content (AvgIpc) is 1.62. The summed E-state index contributed by atoms with van der Waals surface area (Å²) in [6.07, 6.45) is 0.359. The first-order chi connectivity index (χ1) is 53.9. The smallest absolute Gasteiger partial charge is 0.410 e.